The van der Waals surface area contributed by atoms with Gasteiger partial charge in [-0.15, -0.1) is 0 Å². The molecule has 1 aromatic carbocycles. The standard InChI is InChI=1S/C16H25N3O/c1-16(2)8-4-9-19(16)10-7-15(20)18-14-6-3-5-13(11-14)12-17/h3,5-6,11H,4,7-10,12,17H2,1-2H3,(H,18,20). The highest BCUT2D eigenvalue weighted by Crippen LogP contribution is 2.27. The molecule has 0 radical (unpaired) electrons. The predicted molar refractivity (Wildman–Crippen MR) is 82.5 cm³/mol. The molecule has 1 amide bonds. The molecule has 1 heterocycles. The first-order valence-electron chi connectivity index (χ1n) is 7.35. The molecule has 20 heavy (non-hydrogen) atoms. The monoisotopic (exact) mass is 275 g/mol. The first kappa shape index (κ1) is 15.0. The van der Waals surface area contributed by atoms with Crippen molar-refractivity contribution < 1.29 is 4.79 Å². The number of anilines is 1. The Morgan fingerprint density at radius 2 is 2.25 bits per heavy atom. The average molecular weight is 275 g/mol. The fraction of sp³-hybridized carbons (Fsp3) is 0.562. The number of nitrogens with zero attached hydrogens (tertiary/aromatic N) is 1. The maximum absolute atomic E-state index is 12.0. The maximum Gasteiger partial charge on any atom is 0.225 e. The van der Waals surface area contributed by atoms with Gasteiger partial charge in [0.1, 0.15) is 0 Å². The van der Waals surface area contributed by atoms with E-state index in [1.807, 2.05) is 24.3 Å². The zero-order chi connectivity index (χ0) is 14.6. The molecule has 0 aliphatic carbocycles. The van der Waals surface area contributed by atoms with Gasteiger partial charge >= 0.3 is 0 Å². The van der Waals surface area contributed by atoms with E-state index >= 15 is 0 Å². The Kier molecular flexibility index (Phi) is 4.78. The summed E-state index contributed by atoms with van der Waals surface area (Å²) in [5.74, 6) is 0.0712. The number of nitrogens with one attached hydrogen (secondary N) is 1. The lowest BCUT2D eigenvalue weighted by Gasteiger charge is -2.31. The highest BCUT2D eigenvalue weighted by molar-refractivity contribution is 5.90. The molecule has 1 aliphatic rings. The third-order valence-corrected chi connectivity index (χ3v) is 4.13. The minimum absolute atomic E-state index is 0.0712. The minimum atomic E-state index is 0.0712. The van der Waals surface area contributed by atoms with Gasteiger partial charge in [0.05, 0.1) is 0 Å². The molecular formula is C16H25N3O. The molecule has 4 heteroatoms. The summed E-state index contributed by atoms with van der Waals surface area (Å²) in [6.07, 6.45) is 2.98. The van der Waals surface area contributed by atoms with Crippen LogP contribution >= 0.6 is 0 Å². The van der Waals surface area contributed by atoms with Crippen LogP contribution in [0.5, 0.6) is 0 Å². The lowest BCUT2D eigenvalue weighted by atomic mass is 10.0. The second-order valence-electron chi connectivity index (χ2n) is 6.11. The summed E-state index contributed by atoms with van der Waals surface area (Å²) in [5.41, 5.74) is 7.70. The Balaban J connectivity index is 1.83. The summed E-state index contributed by atoms with van der Waals surface area (Å²) in [7, 11) is 0. The SMILES string of the molecule is CC1(C)CCCN1CCC(=O)Nc1cccc(CN)c1. The molecule has 4 nitrogen and oxygen atoms in total. The van der Waals surface area contributed by atoms with Gasteiger partial charge in [-0.1, -0.05) is 12.1 Å². The Hall–Kier alpha value is -1.39. The van der Waals surface area contributed by atoms with Crippen LogP contribution in [-0.4, -0.2) is 29.4 Å². The van der Waals surface area contributed by atoms with Crippen LogP contribution < -0.4 is 11.1 Å². The van der Waals surface area contributed by atoms with Crippen LogP contribution in [0.4, 0.5) is 5.69 Å². The summed E-state index contributed by atoms with van der Waals surface area (Å²) in [6.45, 7) is 6.93. The van der Waals surface area contributed by atoms with E-state index in [1.54, 1.807) is 0 Å². The number of hydrogen-bond acceptors (Lipinski definition) is 3. The summed E-state index contributed by atoms with van der Waals surface area (Å²) in [4.78, 5) is 14.4. The van der Waals surface area contributed by atoms with Gasteiger partial charge in [-0.25, -0.2) is 0 Å². The number of amides is 1. The van der Waals surface area contributed by atoms with E-state index in [-0.39, 0.29) is 11.4 Å². The number of carbonyl (C=O) groups is 1. The third kappa shape index (κ3) is 3.81. The van der Waals surface area contributed by atoms with E-state index in [4.69, 9.17) is 5.73 Å². The fourth-order valence-electron chi connectivity index (χ4n) is 2.81. The van der Waals surface area contributed by atoms with Crippen LogP contribution in [0.2, 0.25) is 0 Å². The largest absolute Gasteiger partial charge is 0.326 e. The number of carbonyl (C=O) groups excluding carboxylic acids is 1. The second kappa shape index (κ2) is 6.37. The normalized spacial score (nSPS) is 18.1. The van der Waals surface area contributed by atoms with E-state index < -0.39 is 0 Å². The van der Waals surface area contributed by atoms with Crippen molar-refractivity contribution in [3.63, 3.8) is 0 Å². The predicted octanol–water partition coefficient (Wildman–Crippen LogP) is 2.35. The molecular weight excluding hydrogens is 250 g/mol. The fourth-order valence-corrected chi connectivity index (χ4v) is 2.81. The zero-order valence-corrected chi connectivity index (χ0v) is 12.5. The van der Waals surface area contributed by atoms with E-state index in [0.29, 0.717) is 13.0 Å². The van der Waals surface area contributed by atoms with Crippen molar-refractivity contribution in [1.29, 1.82) is 0 Å². The summed E-state index contributed by atoms with van der Waals surface area (Å²) < 4.78 is 0. The van der Waals surface area contributed by atoms with Crippen LogP contribution in [0, 0.1) is 0 Å². The molecule has 3 N–H and O–H groups in total. The van der Waals surface area contributed by atoms with Crippen LogP contribution in [0.3, 0.4) is 0 Å². The van der Waals surface area contributed by atoms with Crippen LogP contribution in [-0.2, 0) is 11.3 Å². The first-order valence-corrected chi connectivity index (χ1v) is 7.35. The zero-order valence-electron chi connectivity index (χ0n) is 12.5. The molecule has 1 aliphatic heterocycles. The van der Waals surface area contributed by atoms with E-state index in [9.17, 15) is 4.79 Å². The topological polar surface area (TPSA) is 58.4 Å². The summed E-state index contributed by atoms with van der Waals surface area (Å²) in [6, 6.07) is 7.71. The number of hydrogen-bond donors (Lipinski definition) is 2. The smallest absolute Gasteiger partial charge is 0.225 e. The lowest BCUT2D eigenvalue weighted by molar-refractivity contribution is -0.116. The first-order chi connectivity index (χ1) is 9.51. The van der Waals surface area contributed by atoms with Crippen LogP contribution in [0.15, 0.2) is 24.3 Å². The number of nitrogens with two attached hydrogens (primary N) is 1. The van der Waals surface area contributed by atoms with E-state index in [1.165, 1.54) is 12.8 Å². The molecule has 1 fully saturated rings. The van der Waals surface area contributed by atoms with Gasteiger partial charge in [-0.3, -0.25) is 9.69 Å². The number of rotatable bonds is 5. The van der Waals surface area contributed by atoms with Crippen molar-refractivity contribution in [2.45, 2.75) is 45.2 Å². The Labute approximate surface area is 121 Å². The van der Waals surface area contributed by atoms with Gasteiger partial charge in [0.15, 0.2) is 0 Å². The molecule has 1 aromatic rings. The quantitative estimate of drug-likeness (QED) is 0.867. The molecule has 0 bridgehead atoms. The highest BCUT2D eigenvalue weighted by Gasteiger charge is 2.31. The molecule has 0 atom stereocenters. The maximum atomic E-state index is 12.0. The molecule has 1 saturated heterocycles. The average Bonchev–Trinajstić information content (AvgIpc) is 2.75. The van der Waals surface area contributed by atoms with Crippen molar-refractivity contribution in [3.05, 3.63) is 29.8 Å². The molecule has 0 unspecified atom stereocenters. The van der Waals surface area contributed by atoms with Crippen molar-refractivity contribution in [2.24, 2.45) is 5.73 Å². The summed E-state index contributed by atoms with van der Waals surface area (Å²) in [5, 5.41) is 2.95. The molecule has 0 saturated carbocycles. The van der Waals surface area contributed by atoms with Gasteiger partial charge < -0.3 is 11.1 Å². The van der Waals surface area contributed by atoms with Crippen LogP contribution in [0.25, 0.3) is 0 Å². The number of benzene rings is 1. The third-order valence-electron chi connectivity index (χ3n) is 4.13. The molecule has 2 rings (SSSR count). The van der Waals surface area contributed by atoms with Gasteiger partial charge in [-0.05, 0) is 50.9 Å². The Morgan fingerprint density at radius 1 is 1.45 bits per heavy atom. The lowest BCUT2D eigenvalue weighted by Crippen LogP contribution is -2.39. The van der Waals surface area contributed by atoms with Gasteiger partial charge in [0.2, 0.25) is 5.91 Å². The van der Waals surface area contributed by atoms with Crippen molar-refractivity contribution in [1.82, 2.24) is 4.90 Å². The van der Waals surface area contributed by atoms with Gasteiger partial charge in [-0.2, -0.15) is 0 Å². The molecule has 110 valence electrons. The molecule has 0 aromatic heterocycles. The van der Waals surface area contributed by atoms with Crippen molar-refractivity contribution >= 4 is 11.6 Å². The molecule has 0 spiro atoms. The number of likely N-dealkylation sites (tertiary alicyclic amines) is 1. The minimum Gasteiger partial charge on any atom is -0.326 e. The van der Waals surface area contributed by atoms with Crippen molar-refractivity contribution in [2.75, 3.05) is 18.4 Å². The van der Waals surface area contributed by atoms with E-state index in [0.717, 1.165) is 24.3 Å². The second-order valence-corrected chi connectivity index (χ2v) is 6.11. The summed E-state index contributed by atoms with van der Waals surface area (Å²) >= 11 is 0. The van der Waals surface area contributed by atoms with Gasteiger partial charge in [0, 0.05) is 30.7 Å². The van der Waals surface area contributed by atoms with E-state index in [2.05, 4.69) is 24.1 Å². The van der Waals surface area contributed by atoms with Crippen LogP contribution in [0.1, 0.15) is 38.7 Å². The Morgan fingerprint density at radius 3 is 2.90 bits per heavy atom. The Bertz CT molecular complexity index is 471. The van der Waals surface area contributed by atoms with Crippen molar-refractivity contribution in [3.8, 4) is 0 Å². The highest BCUT2D eigenvalue weighted by atomic mass is 16.1. The van der Waals surface area contributed by atoms with Gasteiger partial charge in [0.25, 0.3) is 0 Å².